The average molecular weight is 447 g/mol. The topological polar surface area (TPSA) is 93.0 Å². The smallest absolute Gasteiger partial charge is 0.334 e. The summed E-state index contributed by atoms with van der Waals surface area (Å²) in [5.74, 6) is 0.277. The summed E-state index contributed by atoms with van der Waals surface area (Å²) in [6.07, 6.45) is 1.29. The Bertz CT molecular complexity index is 915. The molecule has 3 rings (SSSR count). The van der Waals surface area contributed by atoms with E-state index in [0.29, 0.717) is 5.69 Å². The Labute approximate surface area is 157 Å². The van der Waals surface area contributed by atoms with Gasteiger partial charge in [-0.05, 0) is 65.4 Å². The predicted molar refractivity (Wildman–Crippen MR) is 106 cm³/mol. The molecule has 0 atom stereocenters. The number of anilines is 4. The quantitative estimate of drug-likeness (QED) is 0.332. The zero-order valence-corrected chi connectivity index (χ0v) is 15.4. The van der Waals surface area contributed by atoms with Crippen LogP contribution in [0.3, 0.4) is 0 Å². The van der Waals surface area contributed by atoms with Gasteiger partial charge in [0.15, 0.2) is 0 Å². The number of hydrogen-bond donors (Lipinski definition) is 2. The molecule has 0 radical (unpaired) electrons. The monoisotopic (exact) mass is 447 g/mol. The van der Waals surface area contributed by atoms with E-state index in [2.05, 4.69) is 43.2 Å². The molecule has 126 valence electrons. The van der Waals surface area contributed by atoms with Crippen LogP contribution in [0.25, 0.3) is 0 Å². The summed E-state index contributed by atoms with van der Waals surface area (Å²) < 4.78 is 1.07. The fourth-order valence-electron chi connectivity index (χ4n) is 2.25. The summed E-state index contributed by atoms with van der Waals surface area (Å²) in [4.78, 5) is 19.2. The maximum atomic E-state index is 11.6. The van der Waals surface area contributed by atoms with E-state index >= 15 is 0 Å². The number of nitrogens with zero attached hydrogens (tertiary/aromatic N) is 3. The van der Waals surface area contributed by atoms with Gasteiger partial charge in [-0.2, -0.15) is 0 Å². The van der Waals surface area contributed by atoms with Crippen LogP contribution < -0.4 is 10.6 Å². The van der Waals surface area contributed by atoms with Crippen LogP contribution in [-0.4, -0.2) is 14.9 Å². The minimum atomic E-state index is -0.490. The number of aryl methyl sites for hydroxylation is 1. The van der Waals surface area contributed by atoms with Crippen LogP contribution in [0.2, 0.25) is 0 Å². The molecule has 0 spiro atoms. The fraction of sp³-hybridized carbons (Fsp3) is 0.0588. The van der Waals surface area contributed by atoms with E-state index in [1.54, 1.807) is 0 Å². The van der Waals surface area contributed by atoms with Gasteiger partial charge in [-0.1, -0.05) is 18.2 Å². The van der Waals surface area contributed by atoms with E-state index in [0.717, 1.165) is 14.8 Å². The highest BCUT2D eigenvalue weighted by atomic mass is 127. The van der Waals surface area contributed by atoms with E-state index in [1.807, 2.05) is 55.5 Å². The molecule has 25 heavy (non-hydrogen) atoms. The third-order valence-electron chi connectivity index (χ3n) is 3.51. The van der Waals surface area contributed by atoms with E-state index in [9.17, 15) is 10.1 Å². The zero-order chi connectivity index (χ0) is 17.8. The summed E-state index contributed by atoms with van der Waals surface area (Å²) in [7, 11) is 0. The Morgan fingerprint density at radius 3 is 2.28 bits per heavy atom. The highest BCUT2D eigenvalue weighted by Gasteiger charge is 2.23. The zero-order valence-electron chi connectivity index (χ0n) is 13.2. The molecule has 3 aromatic rings. The van der Waals surface area contributed by atoms with Crippen molar-refractivity contribution in [1.82, 2.24) is 9.97 Å². The Hall–Kier alpha value is -2.75. The summed E-state index contributed by atoms with van der Waals surface area (Å²) in [5.41, 5.74) is 2.22. The third-order valence-corrected chi connectivity index (χ3v) is 4.23. The number of para-hydroxylation sites is 1. The molecule has 0 bridgehead atoms. The molecule has 0 aliphatic heterocycles. The Morgan fingerprint density at radius 1 is 1.00 bits per heavy atom. The minimum absolute atomic E-state index is 0.136. The standard InChI is InChI=1S/C17H14IN5O2/c1-11-4-2-3-5-14(11)22-17-15(23(24)25)16(19-10-20-17)21-13-8-6-12(18)7-9-13/h2-10H,1H3,(H2,19,20,21,22). The molecule has 0 aliphatic carbocycles. The van der Waals surface area contributed by atoms with Crippen molar-refractivity contribution in [2.75, 3.05) is 10.6 Å². The molecule has 2 N–H and O–H groups in total. The first-order valence-electron chi connectivity index (χ1n) is 7.39. The van der Waals surface area contributed by atoms with Crippen molar-refractivity contribution in [2.45, 2.75) is 6.92 Å². The van der Waals surface area contributed by atoms with Crippen molar-refractivity contribution < 1.29 is 4.92 Å². The van der Waals surface area contributed by atoms with Crippen LogP contribution in [0.15, 0.2) is 54.9 Å². The second-order valence-electron chi connectivity index (χ2n) is 5.25. The van der Waals surface area contributed by atoms with Crippen molar-refractivity contribution in [1.29, 1.82) is 0 Å². The van der Waals surface area contributed by atoms with Gasteiger partial charge in [0, 0.05) is 14.9 Å². The van der Waals surface area contributed by atoms with Gasteiger partial charge in [0.2, 0.25) is 11.6 Å². The molecule has 1 heterocycles. The normalized spacial score (nSPS) is 10.3. The lowest BCUT2D eigenvalue weighted by Gasteiger charge is -2.11. The number of nitro groups is 1. The van der Waals surface area contributed by atoms with Gasteiger partial charge in [0.1, 0.15) is 6.33 Å². The third kappa shape index (κ3) is 4.02. The average Bonchev–Trinajstić information content (AvgIpc) is 2.59. The van der Waals surface area contributed by atoms with Crippen LogP contribution in [0, 0.1) is 20.6 Å². The lowest BCUT2D eigenvalue weighted by atomic mass is 10.2. The van der Waals surface area contributed by atoms with E-state index in [-0.39, 0.29) is 17.3 Å². The lowest BCUT2D eigenvalue weighted by Crippen LogP contribution is -2.06. The number of rotatable bonds is 5. The minimum Gasteiger partial charge on any atom is -0.334 e. The molecular weight excluding hydrogens is 433 g/mol. The van der Waals surface area contributed by atoms with Crippen LogP contribution in [0.1, 0.15) is 5.56 Å². The summed E-state index contributed by atoms with van der Waals surface area (Å²) in [5, 5.41) is 17.6. The van der Waals surface area contributed by atoms with Gasteiger partial charge in [-0.3, -0.25) is 10.1 Å². The number of nitrogens with one attached hydrogen (secondary N) is 2. The fourth-order valence-corrected chi connectivity index (χ4v) is 2.60. The van der Waals surface area contributed by atoms with Crippen molar-refractivity contribution in [3.63, 3.8) is 0 Å². The predicted octanol–water partition coefficient (Wildman–Crippen LogP) is 4.79. The number of halogens is 1. The molecule has 0 fully saturated rings. The lowest BCUT2D eigenvalue weighted by molar-refractivity contribution is -0.383. The molecule has 1 aromatic heterocycles. The van der Waals surface area contributed by atoms with E-state index < -0.39 is 4.92 Å². The number of aromatic nitrogens is 2. The molecule has 2 aromatic carbocycles. The SMILES string of the molecule is Cc1ccccc1Nc1ncnc(Nc2ccc(I)cc2)c1[N+](=O)[O-]. The molecule has 0 amide bonds. The Kier molecular flexibility index (Phi) is 5.08. The first kappa shape index (κ1) is 17.1. The summed E-state index contributed by atoms with van der Waals surface area (Å²) in [6.45, 7) is 1.92. The maximum absolute atomic E-state index is 11.6. The largest absolute Gasteiger partial charge is 0.353 e. The van der Waals surface area contributed by atoms with Gasteiger partial charge >= 0.3 is 5.69 Å². The van der Waals surface area contributed by atoms with Crippen LogP contribution in [0.5, 0.6) is 0 Å². The molecule has 7 nitrogen and oxygen atoms in total. The van der Waals surface area contributed by atoms with Crippen molar-refractivity contribution in [3.8, 4) is 0 Å². The van der Waals surface area contributed by atoms with E-state index in [4.69, 9.17) is 0 Å². The highest BCUT2D eigenvalue weighted by molar-refractivity contribution is 14.1. The Balaban J connectivity index is 1.98. The van der Waals surface area contributed by atoms with Crippen LogP contribution in [0.4, 0.5) is 28.7 Å². The summed E-state index contributed by atoms with van der Waals surface area (Å²) in [6, 6.07) is 15.0. The molecule has 0 saturated carbocycles. The number of benzene rings is 2. The molecule has 0 saturated heterocycles. The first-order valence-corrected chi connectivity index (χ1v) is 8.47. The van der Waals surface area contributed by atoms with Gasteiger partial charge in [0.25, 0.3) is 0 Å². The van der Waals surface area contributed by atoms with Gasteiger partial charge in [-0.25, -0.2) is 9.97 Å². The van der Waals surface area contributed by atoms with Gasteiger partial charge in [0.05, 0.1) is 4.92 Å². The highest BCUT2D eigenvalue weighted by Crippen LogP contribution is 2.33. The first-order chi connectivity index (χ1) is 12.0. The molecule has 0 unspecified atom stereocenters. The maximum Gasteiger partial charge on any atom is 0.353 e. The number of hydrogen-bond acceptors (Lipinski definition) is 6. The van der Waals surface area contributed by atoms with Crippen LogP contribution in [-0.2, 0) is 0 Å². The Morgan fingerprint density at radius 2 is 1.64 bits per heavy atom. The van der Waals surface area contributed by atoms with Crippen molar-refractivity contribution in [2.24, 2.45) is 0 Å². The van der Waals surface area contributed by atoms with Gasteiger partial charge < -0.3 is 10.6 Å². The van der Waals surface area contributed by atoms with Crippen molar-refractivity contribution in [3.05, 3.63) is 74.1 Å². The van der Waals surface area contributed by atoms with Gasteiger partial charge in [-0.15, -0.1) is 0 Å². The second-order valence-corrected chi connectivity index (χ2v) is 6.49. The molecular formula is C17H14IN5O2. The summed E-state index contributed by atoms with van der Waals surface area (Å²) >= 11 is 2.19. The van der Waals surface area contributed by atoms with Crippen molar-refractivity contribution >= 4 is 51.3 Å². The van der Waals surface area contributed by atoms with E-state index in [1.165, 1.54) is 6.33 Å². The second kappa shape index (κ2) is 7.43. The molecule has 0 aliphatic rings. The van der Waals surface area contributed by atoms with Crippen LogP contribution >= 0.6 is 22.6 Å². The molecule has 8 heteroatoms.